The van der Waals surface area contributed by atoms with E-state index < -0.39 is 17.8 Å². The average Bonchev–Trinajstić information content (AvgIpc) is 2.81. The molecule has 7 nitrogen and oxygen atoms in total. The Bertz CT molecular complexity index is 1090. The zero-order valence-electron chi connectivity index (χ0n) is 17.4. The Labute approximate surface area is 188 Å². The van der Waals surface area contributed by atoms with Gasteiger partial charge in [0.2, 0.25) is 0 Å². The maximum Gasteiger partial charge on any atom is 0.418 e. The minimum atomic E-state index is -4.56. The van der Waals surface area contributed by atoms with Crippen molar-refractivity contribution < 1.29 is 27.4 Å². The van der Waals surface area contributed by atoms with Crippen LogP contribution in [-0.4, -0.2) is 37.3 Å². The molecule has 33 heavy (non-hydrogen) atoms. The number of morpholine rings is 1. The van der Waals surface area contributed by atoms with Crippen molar-refractivity contribution >= 4 is 23.1 Å². The second-order valence-corrected chi connectivity index (χ2v) is 7.22. The molecule has 10 heteroatoms. The fourth-order valence-electron chi connectivity index (χ4n) is 3.36. The summed E-state index contributed by atoms with van der Waals surface area (Å²) in [6, 6.07) is 13.1. The largest absolute Gasteiger partial charge is 0.457 e. The number of hydrogen-bond acceptors (Lipinski definition) is 5. The van der Waals surface area contributed by atoms with E-state index >= 15 is 0 Å². The van der Waals surface area contributed by atoms with Crippen LogP contribution in [0.1, 0.15) is 5.56 Å². The Morgan fingerprint density at radius 1 is 0.909 bits per heavy atom. The van der Waals surface area contributed by atoms with Crippen LogP contribution in [-0.2, 0) is 10.9 Å². The molecule has 0 atom stereocenters. The molecular formula is C23H21F3N4O3. The summed E-state index contributed by atoms with van der Waals surface area (Å²) >= 11 is 0. The summed E-state index contributed by atoms with van der Waals surface area (Å²) in [4.78, 5) is 17.9. The number of alkyl halides is 3. The van der Waals surface area contributed by atoms with Gasteiger partial charge in [-0.1, -0.05) is 0 Å². The number of pyridine rings is 1. The van der Waals surface area contributed by atoms with Gasteiger partial charge in [-0.25, -0.2) is 4.79 Å². The number of rotatable bonds is 5. The second-order valence-electron chi connectivity index (χ2n) is 7.22. The summed E-state index contributed by atoms with van der Waals surface area (Å²) in [5.74, 6) is 1.17. The molecule has 3 aromatic rings. The molecule has 0 spiro atoms. The van der Waals surface area contributed by atoms with Crippen LogP contribution in [0.4, 0.5) is 35.0 Å². The van der Waals surface area contributed by atoms with Gasteiger partial charge < -0.3 is 25.0 Å². The molecule has 1 aliphatic heterocycles. The highest BCUT2D eigenvalue weighted by molar-refractivity contribution is 6.00. The molecular weight excluding hydrogens is 437 g/mol. The molecule has 2 aromatic carbocycles. The monoisotopic (exact) mass is 458 g/mol. The van der Waals surface area contributed by atoms with Crippen molar-refractivity contribution in [2.75, 3.05) is 41.8 Å². The van der Waals surface area contributed by atoms with Gasteiger partial charge in [0.05, 0.1) is 18.8 Å². The molecule has 1 saturated heterocycles. The Morgan fingerprint density at radius 2 is 1.52 bits per heavy atom. The third-order valence-corrected chi connectivity index (χ3v) is 4.91. The molecule has 2 amide bonds. The summed E-state index contributed by atoms with van der Waals surface area (Å²) in [6.45, 7) is 1.48. The number of benzene rings is 2. The Kier molecular flexibility index (Phi) is 6.64. The van der Waals surface area contributed by atoms with Crippen LogP contribution >= 0.6 is 0 Å². The van der Waals surface area contributed by atoms with Crippen LogP contribution in [0.25, 0.3) is 0 Å². The predicted octanol–water partition coefficient (Wildman–Crippen LogP) is 5.37. The number of ether oxygens (including phenoxy) is 2. The van der Waals surface area contributed by atoms with Crippen LogP contribution in [0.5, 0.6) is 11.5 Å². The number of nitrogens with one attached hydrogen (secondary N) is 2. The third kappa shape index (κ3) is 5.92. The predicted molar refractivity (Wildman–Crippen MR) is 118 cm³/mol. The first-order chi connectivity index (χ1) is 15.9. The SMILES string of the molecule is O=C(Nc1ccc(Oc2ccncc2)cc1)Nc1ccc(N2CCOCC2)c(C(F)(F)F)c1. The highest BCUT2D eigenvalue weighted by Crippen LogP contribution is 2.38. The summed E-state index contributed by atoms with van der Waals surface area (Å²) in [5.41, 5.74) is -0.244. The first kappa shape index (κ1) is 22.4. The topological polar surface area (TPSA) is 75.7 Å². The standard InChI is InChI=1S/C23H21F3N4O3/c24-23(25,26)20-15-17(3-6-21(20)30-11-13-32-14-12-30)29-22(31)28-16-1-4-18(5-2-16)33-19-7-9-27-10-8-19/h1-10,15H,11-14H2,(H2,28,29,31). The Balaban J connectivity index is 1.41. The summed E-state index contributed by atoms with van der Waals surface area (Å²) in [5, 5.41) is 5.05. The van der Waals surface area contributed by atoms with Gasteiger partial charge in [-0.15, -0.1) is 0 Å². The molecule has 2 N–H and O–H groups in total. The smallest absolute Gasteiger partial charge is 0.418 e. The summed E-state index contributed by atoms with van der Waals surface area (Å²) in [7, 11) is 0. The quantitative estimate of drug-likeness (QED) is 0.538. The molecule has 0 saturated carbocycles. The van der Waals surface area contributed by atoms with Gasteiger partial charge in [-0.05, 0) is 54.6 Å². The van der Waals surface area contributed by atoms with Crippen molar-refractivity contribution in [1.82, 2.24) is 4.98 Å². The maximum atomic E-state index is 13.7. The van der Waals surface area contributed by atoms with E-state index in [2.05, 4.69) is 15.6 Å². The molecule has 0 aliphatic carbocycles. The Hall–Kier alpha value is -3.79. The van der Waals surface area contributed by atoms with Gasteiger partial charge in [-0.3, -0.25) is 4.98 Å². The number of amides is 2. The number of halogens is 3. The van der Waals surface area contributed by atoms with E-state index in [1.807, 2.05) is 0 Å². The number of urea groups is 1. The number of anilines is 3. The lowest BCUT2D eigenvalue weighted by molar-refractivity contribution is -0.137. The van der Waals surface area contributed by atoms with E-state index in [1.54, 1.807) is 53.7 Å². The highest BCUT2D eigenvalue weighted by Gasteiger charge is 2.35. The molecule has 1 aliphatic rings. The van der Waals surface area contributed by atoms with Crippen LogP contribution < -0.4 is 20.3 Å². The van der Waals surface area contributed by atoms with Crippen LogP contribution in [0.15, 0.2) is 67.0 Å². The van der Waals surface area contributed by atoms with Crippen LogP contribution in [0.3, 0.4) is 0 Å². The molecule has 4 rings (SSSR count). The summed E-state index contributed by atoms with van der Waals surface area (Å²) in [6.07, 6.45) is -1.35. The van der Waals surface area contributed by atoms with Crippen molar-refractivity contribution in [3.63, 3.8) is 0 Å². The van der Waals surface area contributed by atoms with Crippen molar-refractivity contribution in [2.24, 2.45) is 0 Å². The van der Waals surface area contributed by atoms with Gasteiger partial charge in [0.25, 0.3) is 0 Å². The normalized spacial score (nSPS) is 14.0. The lowest BCUT2D eigenvalue weighted by Crippen LogP contribution is -2.37. The zero-order chi connectivity index (χ0) is 23.3. The van der Waals surface area contributed by atoms with E-state index in [4.69, 9.17) is 9.47 Å². The lowest BCUT2D eigenvalue weighted by atomic mass is 10.1. The number of carbonyl (C=O) groups is 1. The van der Waals surface area contributed by atoms with Gasteiger partial charge in [0, 0.05) is 42.5 Å². The molecule has 1 aromatic heterocycles. The molecule has 2 heterocycles. The number of nitrogens with zero attached hydrogens (tertiary/aromatic N) is 2. The highest BCUT2D eigenvalue weighted by atomic mass is 19.4. The first-order valence-electron chi connectivity index (χ1n) is 10.2. The average molecular weight is 458 g/mol. The zero-order valence-corrected chi connectivity index (χ0v) is 17.4. The fourth-order valence-corrected chi connectivity index (χ4v) is 3.36. The van der Waals surface area contributed by atoms with Crippen LogP contribution in [0, 0.1) is 0 Å². The second kappa shape index (κ2) is 9.78. The lowest BCUT2D eigenvalue weighted by Gasteiger charge is -2.31. The van der Waals surface area contributed by atoms with Crippen molar-refractivity contribution in [2.45, 2.75) is 6.18 Å². The number of aromatic nitrogens is 1. The van der Waals surface area contributed by atoms with Crippen LogP contribution in [0.2, 0.25) is 0 Å². The molecule has 0 radical (unpaired) electrons. The Morgan fingerprint density at radius 3 is 2.18 bits per heavy atom. The van der Waals surface area contributed by atoms with Crippen molar-refractivity contribution in [3.05, 3.63) is 72.6 Å². The first-order valence-corrected chi connectivity index (χ1v) is 10.2. The van der Waals surface area contributed by atoms with E-state index in [0.29, 0.717) is 43.5 Å². The van der Waals surface area contributed by atoms with Crippen molar-refractivity contribution in [1.29, 1.82) is 0 Å². The van der Waals surface area contributed by atoms with Gasteiger partial charge in [-0.2, -0.15) is 13.2 Å². The van der Waals surface area contributed by atoms with Gasteiger partial charge in [0.15, 0.2) is 0 Å². The molecule has 0 bridgehead atoms. The minimum absolute atomic E-state index is 0.0366. The van der Waals surface area contributed by atoms with E-state index in [0.717, 1.165) is 6.07 Å². The maximum absolute atomic E-state index is 13.7. The molecule has 0 unspecified atom stereocenters. The van der Waals surface area contributed by atoms with Crippen molar-refractivity contribution in [3.8, 4) is 11.5 Å². The molecule has 1 fully saturated rings. The molecule has 172 valence electrons. The van der Waals surface area contributed by atoms with Gasteiger partial charge >= 0.3 is 12.2 Å². The number of hydrogen-bond donors (Lipinski definition) is 2. The van der Waals surface area contributed by atoms with E-state index in [1.165, 1.54) is 12.1 Å². The number of carbonyl (C=O) groups excluding carboxylic acids is 1. The third-order valence-electron chi connectivity index (χ3n) is 4.91. The minimum Gasteiger partial charge on any atom is -0.457 e. The summed E-state index contributed by atoms with van der Waals surface area (Å²) < 4.78 is 51.9. The fraction of sp³-hybridized carbons (Fsp3) is 0.217. The van der Waals surface area contributed by atoms with E-state index in [9.17, 15) is 18.0 Å². The van der Waals surface area contributed by atoms with Gasteiger partial charge in [0.1, 0.15) is 11.5 Å². The van der Waals surface area contributed by atoms with E-state index in [-0.39, 0.29) is 11.4 Å².